The first-order valence-electron chi connectivity index (χ1n) is 22.9. The zero-order chi connectivity index (χ0) is 44.0. The maximum absolute atomic E-state index is 12.9. The van der Waals surface area contributed by atoms with Gasteiger partial charge in [-0.1, -0.05) is 122 Å². The van der Waals surface area contributed by atoms with E-state index in [1.54, 1.807) is 0 Å². The van der Waals surface area contributed by atoms with Crippen LogP contribution >= 0.6 is 0 Å². The van der Waals surface area contributed by atoms with E-state index in [0.717, 1.165) is 64.2 Å². The number of rotatable bonds is 34. The lowest BCUT2D eigenvalue weighted by molar-refractivity contribution is -0.332. The first-order valence-corrected chi connectivity index (χ1v) is 22.9. The third-order valence-electron chi connectivity index (χ3n) is 10.9. The van der Waals surface area contributed by atoms with Crippen molar-refractivity contribution in [3.63, 3.8) is 0 Å². The Bertz CT molecular complexity index is 1150. The third-order valence-corrected chi connectivity index (χ3v) is 10.9. The summed E-state index contributed by atoms with van der Waals surface area (Å²) in [7, 11) is 0. The highest BCUT2D eigenvalue weighted by atomic mass is 16.7. The van der Waals surface area contributed by atoms with Crippen LogP contribution in [0.3, 0.4) is 0 Å². The number of aliphatic hydroxyl groups is 7. The van der Waals surface area contributed by atoms with E-state index in [1.807, 2.05) is 0 Å². The molecule has 0 bridgehead atoms. The molecule has 0 saturated carbocycles. The summed E-state index contributed by atoms with van der Waals surface area (Å²) in [4.78, 5) is 25.5. The fourth-order valence-electron chi connectivity index (χ4n) is 7.07. The Balaban J connectivity index is 1.84. The van der Waals surface area contributed by atoms with Crippen LogP contribution in [0.15, 0.2) is 24.3 Å². The average molecular weight is 861 g/mol. The average Bonchev–Trinajstić information content (AvgIpc) is 3.24. The highest BCUT2D eigenvalue weighted by Crippen LogP contribution is 2.26. The summed E-state index contributed by atoms with van der Waals surface area (Å²) in [5.41, 5.74) is 0. The van der Waals surface area contributed by atoms with Crippen molar-refractivity contribution < 1.29 is 73.8 Å². The zero-order valence-electron chi connectivity index (χ0n) is 36.4. The highest BCUT2D eigenvalue weighted by Gasteiger charge is 2.47. The van der Waals surface area contributed by atoms with Crippen LogP contribution in [0, 0.1) is 0 Å². The van der Waals surface area contributed by atoms with Crippen molar-refractivity contribution in [2.45, 2.75) is 223 Å². The predicted molar refractivity (Wildman–Crippen MR) is 224 cm³/mol. The second kappa shape index (κ2) is 33.5. The number of aliphatic hydroxyl groups excluding tert-OH is 7. The number of allylic oxidation sites excluding steroid dienone is 4. The molecule has 2 fully saturated rings. The zero-order valence-corrected chi connectivity index (χ0v) is 36.4. The maximum Gasteiger partial charge on any atom is 0.306 e. The fourth-order valence-corrected chi connectivity index (χ4v) is 7.07. The van der Waals surface area contributed by atoms with Gasteiger partial charge in [0.2, 0.25) is 0 Å². The van der Waals surface area contributed by atoms with Crippen molar-refractivity contribution >= 4 is 11.9 Å². The van der Waals surface area contributed by atoms with E-state index in [4.69, 9.17) is 28.4 Å². The predicted octanol–water partition coefficient (Wildman–Crippen LogP) is 4.82. The Kier molecular flexibility index (Phi) is 30.2. The molecule has 2 saturated heterocycles. The maximum atomic E-state index is 12.9. The topological polar surface area (TPSA) is 231 Å². The van der Waals surface area contributed by atoms with E-state index < -0.39 is 92.7 Å². The Hall–Kier alpha value is -2.02. The SMILES string of the molecule is CCCCC/C=C/C/C=C/CCCCCCCC(=O)OC[C@H](CO[C@@H]1O[C@H](CO[C@@H]2O[C@H](CO)[C@H](O)C(O)C2O)[C@H](O)C(O)C1O)OC(=O)CCCCCCCCCCC. The molecule has 350 valence electrons. The van der Waals surface area contributed by atoms with Gasteiger partial charge in [-0.25, -0.2) is 0 Å². The monoisotopic (exact) mass is 861 g/mol. The summed E-state index contributed by atoms with van der Waals surface area (Å²) >= 11 is 0. The fraction of sp³-hybridized carbons (Fsp3) is 0.867. The molecule has 2 aliphatic rings. The molecule has 2 heterocycles. The second-order valence-corrected chi connectivity index (χ2v) is 16.2. The van der Waals surface area contributed by atoms with Crippen molar-refractivity contribution in [1.29, 1.82) is 0 Å². The summed E-state index contributed by atoms with van der Waals surface area (Å²) in [6.45, 7) is 2.50. The van der Waals surface area contributed by atoms with Gasteiger partial charge in [-0.15, -0.1) is 0 Å². The number of unbranched alkanes of at least 4 members (excludes halogenated alkanes) is 16. The number of carbonyl (C=O) groups excluding carboxylic acids is 2. The quantitative estimate of drug-likeness (QED) is 0.0261. The summed E-state index contributed by atoms with van der Waals surface area (Å²) in [5, 5.41) is 71.8. The van der Waals surface area contributed by atoms with Gasteiger partial charge in [0.15, 0.2) is 18.7 Å². The van der Waals surface area contributed by atoms with Crippen LogP contribution in [0.4, 0.5) is 0 Å². The molecule has 0 spiro atoms. The third kappa shape index (κ3) is 22.4. The van der Waals surface area contributed by atoms with E-state index in [-0.39, 0.29) is 26.1 Å². The molecule has 11 atom stereocenters. The van der Waals surface area contributed by atoms with Gasteiger partial charge in [0.25, 0.3) is 0 Å². The van der Waals surface area contributed by atoms with Gasteiger partial charge in [-0.05, 0) is 44.9 Å². The second-order valence-electron chi connectivity index (χ2n) is 16.2. The molecule has 15 nitrogen and oxygen atoms in total. The number of ether oxygens (including phenoxy) is 6. The molecule has 0 aromatic rings. The molecular weight excluding hydrogens is 780 g/mol. The summed E-state index contributed by atoms with van der Waals surface area (Å²) < 4.78 is 33.4. The molecule has 7 N–H and O–H groups in total. The van der Waals surface area contributed by atoms with E-state index in [9.17, 15) is 45.3 Å². The molecule has 2 aliphatic heterocycles. The van der Waals surface area contributed by atoms with Crippen molar-refractivity contribution in [2.24, 2.45) is 0 Å². The van der Waals surface area contributed by atoms with Gasteiger partial charge in [-0.3, -0.25) is 9.59 Å². The van der Waals surface area contributed by atoms with Crippen LogP contribution < -0.4 is 0 Å². The Morgan fingerprint density at radius 1 is 0.533 bits per heavy atom. The molecular formula is C45H80O15. The Labute approximate surface area is 358 Å². The normalized spacial score (nSPS) is 27.8. The van der Waals surface area contributed by atoms with Gasteiger partial charge in [0.1, 0.15) is 55.4 Å². The van der Waals surface area contributed by atoms with Gasteiger partial charge in [0, 0.05) is 12.8 Å². The minimum absolute atomic E-state index is 0.164. The summed E-state index contributed by atoms with van der Waals surface area (Å²) in [5.74, 6) is -0.943. The number of carbonyl (C=O) groups is 2. The van der Waals surface area contributed by atoms with Crippen LogP contribution in [-0.4, -0.2) is 142 Å². The molecule has 0 radical (unpaired) electrons. The minimum atomic E-state index is -1.76. The lowest BCUT2D eigenvalue weighted by Crippen LogP contribution is -2.61. The van der Waals surface area contributed by atoms with Crippen LogP contribution in [0.5, 0.6) is 0 Å². The Morgan fingerprint density at radius 2 is 1.00 bits per heavy atom. The Morgan fingerprint density at radius 3 is 1.58 bits per heavy atom. The van der Waals surface area contributed by atoms with E-state index in [2.05, 4.69) is 38.2 Å². The minimum Gasteiger partial charge on any atom is -0.462 e. The van der Waals surface area contributed by atoms with Crippen molar-refractivity contribution in [3.05, 3.63) is 24.3 Å². The van der Waals surface area contributed by atoms with Gasteiger partial charge in [-0.2, -0.15) is 0 Å². The van der Waals surface area contributed by atoms with E-state index in [0.29, 0.717) is 12.8 Å². The van der Waals surface area contributed by atoms with E-state index in [1.165, 1.54) is 51.4 Å². The standard InChI is InChI=1S/C45H80O15/c1-3-5-7-9-11-13-14-15-16-17-18-20-21-23-25-27-36(47)55-30-33(58-37(48)28-26-24-22-19-12-10-8-6-4-2)31-56-44-43(54)41(52)39(50)35(60-44)32-57-45-42(53)40(51)38(49)34(29-46)59-45/h11,13,15-16,33-35,38-46,49-54H,3-10,12,14,17-32H2,1-2H3/b13-11+,16-15+/t33-,34-,35-,38+,39+,40?,41?,42?,43?,44-,45-/m1/s1. The molecule has 0 aliphatic carbocycles. The van der Waals surface area contributed by atoms with Crippen molar-refractivity contribution in [3.8, 4) is 0 Å². The summed E-state index contributed by atoms with van der Waals surface area (Å²) in [6, 6.07) is 0. The number of esters is 2. The highest BCUT2D eigenvalue weighted by molar-refractivity contribution is 5.70. The van der Waals surface area contributed by atoms with Gasteiger partial charge < -0.3 is 64.2 Å². The van der Waals surface area contributed by atoms with Crippen LogP contribution in [0.2, 0.25) is 0 Å². The van der Waals surface area contributed by atoms with Gasteiger partial charge >= 0.3 is 11.9 Å². The molecule has 15 heteroatoms. The lowest BCUT2D eigenvalue weighted by Gasteiger charge is -2.42. The van der Waals surface area contributed by atoms with E-state index >= 15 is 0 Å². The molecule has 0 amide bonds. The van der Waals surface area contributed by atoms with Crippen LogP contribution in [0.25, 0.3) is 0 Å². The van der Waals surface area contributed by atoms with Crippen molar-refractivity contribution in [1.82, 2.24) is 0 Å². The number of hydrogen-bond donors (Lipinski definition) is 7. The summed E-state index contributed by atoms with van der Waals surface area (Å²) in [6.07, 6.45) is 13.7. The molecule has 2 rings (SSSR count). The largest absolute Gasteiger partial charge is 0.462 e. The molecule has 0 aromatic carbocycles. The van der Waals surface area contributed by atoms with Crippen molar-refractivity contribution in [2.75, 3.05) is 26.4 Å². The smallest absolute Gasteiger partial charge is 0.306 e. The first kappa shape index (κ1) is 54.1. The molecule has 60 heavy (non-hydrogen) atoms. The van der Waals surface area contributed by atoms with Crippen LogP contribution in [-0.2, 0) is 38.0 Å². The number of hydrogen-bond acceptors (Lipinski definition) is 15. The lowest BCUT2D eigenvalue weighted by atomic mass is 9.98. The molecule has 4 unspecified atom stereocenters. The first-order chi connectivity index (χ1) is 29.0. The van der Waals surface area contributed by atoms with Gasteiger partial charge in [0.05, 0.1) is 19.8 Å². The molecule has 0 aromatic heterocycles. The van der Waals surface area contributed by atoms with Crippen LogP contribution in [0.1, 0.15) is 155 Å².